The van der Waals surface area contributed by atoms with Crippen LogP contribution in [0.4, 0.5) is 5.69 Å². The van der Waals surface area contributed by atoms with E-state index < -0.39 is 6.04 Å². The second-order valence-corrected chi connectivity index (χ2v) is 11.9. The highest BCUT2D eigenvalue weighted by molar-refractivity contribution is 6.03. The Morgan fingerprint density at radius 1 is 0.881 bits per heavy atom. The first-order chi connectivity index (χ1) is 20.0. The summed E-state index contributed by atoms with van der Waals surface area (Å²) in [4.78, 5) is 31.8. The monoisotopic (exact) mass is 565 g/mol. The van der Waals surface area contributed by atoms with Gasteiger partial charge in [0.15, 0.2) is 0 Å². The van der Waals surface area contributed by atoms with Crippen molar-refractivity contribution in [1.82, 2.24) is 9.47 Å². The maximum Gasteiger partial charge on any atom is 0.254 e. The summed E-state index contributed by atoms with van der Waals surface area (Å²) in [6.07, 6.45) is 2.00. The predicted octanol–water partition coefficient (Wildman–Crippen LogP) is 6.78. The molecule has 0 spiro atoms. The molecule has 3 aromatic carbocycles. The first kappa shape index (κ1) is 29.0. The number of carbonyl (C=O) groups excluding carboxylic acids is 2. The Bertz CT molecular complexity index is 1600. The SMILES string of the molecule is COc1ccc(OC)c([C@H]2c3cccn3-c3ccccc3N2C(=O)CN(C(=O)c2ccc(C(C)(C)C)cc2)C(C)C)c1. The first-order valence-corrected chi connectivity index (χ1v) is 14.3. The lowest BCUT2D eigenvalue weighted by Crippen LogP contribution is -2.48. The minimum absolute atomic E-state index is 0.0230. The Labute approximate surface area is 248 Å². The summed E-state index contributed by atoms with van der Waals surface area (Å²) in [5.74, 6) is 0.926. The number of nitrogens with zero attached hydrogens (tertiary/aromatic N) is 3. The molecular weight excluding hydrogens is 526 g/mol. The largest absolute Gasteiger partial charge is 0.497 e. The highest BCUT2D eigenvalue weighted by atomic mass is 16.5. The van der Waals surface area contributed by atoms with Crippen LogP contribution in [0.2, 0.25) is 0 Å². The molecule has 0 bridgehead atoms. The molecule has 1 aliphatic heterocycles. The van der Waals surface area contributed by atoms with Gasteiger partial charge in [-0.1, -0.05) is 45.0 Å². The van der Waals surface area contributed by atoms with Gasteiger partial charge in [0.25, 0.3) is 5.91 Å². The predicted molar refractivity (Wildman–Crippen MR) is 166 cm³/mol. The lowest BCUT2D eigenvalue weighted by atomic mass is 9.86. The van der Waals surface area contributed by atoms with Gasteiger partial charge in [-0.25, -0.2) is 0 Å². The third-order valence-corrected chi connectivity index (χ3v) is 7.91. The number of amides is 2. The molecule has 1 aliphatic rings. The fraction of sp³-hybridized carbons (Fsp3) is 0.314. The van der Waals surface area contributed by atoms with Crippen molar-refractivity contribution in [3.8, 4) is 17.2 Å². The fourth-order valence-electron chi connectivity index (χ4n) is 5.60. The number of ether oxygens (including phenoxy) is 2. The molecule has 4 aromatic rings. The average Bonchev–Trinajstić information content (AvgIpc) is 3.48. The van der Waals surface area contributed by atoms with Crippen LogP contribution in [0.1, 0.15) is 67.8 Å². The van der Waals surface area contributed by atoms with E-state index in [9.17, 15) is 9.59 Å². The van der Waals surface area contributed by atoms with E-state index in [4.69, 9.17) is 9.47 Å². The van der Waals surface area contributed by atoms with Crippen molar-refractivity contribution in [3.63, 3.8) is 0 Å². The molecule has 7 nitrogen and oxygen atoms in total. The molecule has 0 saturated heterocycles. The highest BCUT2D eigenvalue weighted by Crippen LogP contribution is 2.45. The average molecular weight is 566 g/mol. The van der Waals surface area contributed by atoms with Gasteiger partial charge < -0.3 is 18.9 Å². The minimum Gasteiger partial charge on any atom is -0.497 e. The number of hydrogen-bond donors (Lipinski definition) is 0. The topological polar surface area (TPSA) is 64.0 Å². The number of carbonyl (C=O) groups is 2. The van der Waals surface area contributed by atoms with E-state index in [1.54, 1.807) is 24.0 Å². The summed E-state index contributed by atoms with van der Waals surface area (Å²) in [5, 5.41) is 0. The van der Waals surface area contributed by atoms with Crippen molar-refractivity contribution in [2.45, 2.75) is 52.1 Å². The zero-order chi connectivity index (χ0) is 30.2. The number of hydrogen-bond acceptors (Lipinski definition) is 4. The van der Waals surface area contributed by atoms with Crippen molar-refractivity contribution in [1.29, 1.82) is 0 Å². The Morgan fingerprint density at radius 3 is 2.19 bits per heavy atom. The molecule has 7 heteroatoms. The summed E-state index contributed by atoms with van der Waals surface area (Å²) in [7, 11) is 3.24. The second-order valence-electron chi connectivity index (χ2n) is 11.9. The first-order valence-electron chi connectivity index (χ1n) is 14.3. The van der Waals surface area contributed by atoms with Gasteiger partial charge in [-0.05, 0) is 79.4 Å². The van der Waals surface area contributed by atoms with E-state index in [1.165, 1.54) is 0 Å². The van der Waals surface area contributed by atoms with Crippen LogP contribution in [0.3, 0.4) is 0 Å². The second kappa shape index (κ2) is 11.4. The highest BCUT2D eigenvalue weighted by Gasteiger charge is 2.39. The van der Waals surface area contributed by atoms with Gasteiger partial charge in [-0.2, -0.15) is 0 Å². The molecule has 0 aliphatic carbocycles. The van der Waals surface area contributed by atoms with Crippen LogP contribution in [0.5, 0.6) is 11.5 Å². The molecule has 0 radical (unpaired) electrons. The van der Waals surface area contributed by atoms with Crippen molar-refractivity contribution in [2.75, 3.05) is 25.7 Å². The number of para-hydroxylation sites is 2. The number of fused-ring (bicyclic) bond motifs is 3. The molecular formula is C35H39N3O4. The maximum atomic E-state index is 14.5. The van der Waals surface area contributed by atoms with Gasteiger partial charge in [0.05, 0.1) is 31.3 Å². The lowest BCUT2D eigenvalue weighted by molar-refractivity contribution is -0.120. The molecule has 0 unspecified atom stereocenters. The van der Waals surface area contributed by atoms with E-state index in [2.05, 4.69) is 25.3 Å². The van der Waals surface area contributed by atoms with Crippen molar-refractivity contribution >= 4 is 17.5 Å². The van der Waals surface area contributed by atoms with Crippen molar-refractivity contribution in [3.05, 3.63) is 107 Å². The van der Waals surface area contributed by atoms with Gasteiger partial charge in [0, 0.05) is 23.4 Å². The molecule has 1 aromatic heterocycles. The molecule has 1 atom stereocenters. The van der Waals surface area contributed by atoms with Crippen LogP contribution in [-0.4, -0.2) is 48.1 Å². The summed E-state index contributed by atoms with van der Waals surface area (Å²) in [6.45, 7) is 10.2. The van der Waals surface area contributed by atoms with Crippen LogP contribution in [0, 0.1) is 0 Å². The number of aromatic nitrogens is 1. The Hall–Kier alpha value is -4.52. The molecule has 218 valence electrons. The Morgan fingerprint density at radius 2 is 1.57 bits per heavy atom. The van der Waals surface area contributed by atoms with Crippen LogP contribution in [0.15, 0.2) is 85.1 Å². The Balaban J connectivity index is 1.58. The summed E-state index contributed by atoms with van der Waals surface area (Å²) >= 11 is 0. The number of benzene rings is 3. The summed E-state index contributed by atoms with van der Waals surface area (Å²) < 4.78 is 13.5. The summed E-state index contributed by atoms with van der Waals surface area (Å²) in [5.41, 5.74) is 5.03. The van der Waals surface area contributed by atoms with Crippen LogP contribution in [-0.2, 0) is 10.2 Å². The van der Waals surface area contributed by atoms with Crippen LogP contribution < -0.4 is 14.4 Å². The van der Waals surface area contributed by atoms with Gasteiger partial charge in [-0.3, -0.25) is 14.5 Å². The molecule has 5 rings (SSSR count). The van der Waals surface area contributed by atoms with Gasteiger partial charge in [-0.15, -0.1) is 0 Å². The van der Waals surface area contributed by atoms with E-state index in [0.29, 0.717) is 17.1 Å². The molecule has 2 amide bonds. The quantitative estimate of drug-likeness (QED) is 0.248. The minimum atomic E-state index is -0.511. The molecule has 0 fully saturated rings. The molecule has 0 saturated carbocycles. The van der Waals surface area contributed by atoms with E-state index in [-0.39, 0.29) is 29.8 Å². The van der Waals surface area contributed by atoms with Crippen molar-refractivity contribution < 1.29 is 19.1 Å². The van der Waals surface area contributed by atoms with Gasteiger partial charge in [0.2, 0.25) is 5.91 Å². The number of anilines is 1. The van der Waals surface area contributed by atoms with E-state index in [0.717, 1.165) is 28.2 Å². The van der Waals surface area contributed by atoms with E-state index >= 15 is 0 Å². The zero-order valence-electron chi connectivity index (χ0n) is 25.4. The standard InChI is InChI=1S/C35H39N3O4/c1-23(2)37(34(40)24-14-16-25(17-15-24)35(3,4)5)22-32(39)38-29-12-9-8-11-28(29)36-20-10-13-30(36)33(38)27-21-26(41-6)18-19-31(27)42-7/h8-21,23,33H,22H2,1-7H3/t33-/m0/s1. The van der Waals surface area contributed by atoms with E-state index in [1.807, 2.05) is 98.9 Å². The zero-order valence-corrected chi connectivity index (χ0v) is 25.4. The maximum absolute atomic E-state index is 14.5. The summed E-state index contributed by atoms with van der Waals surface area (Å²) in [6, 6.07) is 24.4. The normalized spacial score (nSPS) is 14.3. The lowest BCUT2D eigenvalue weighted by Gasteiger charge is -2.40. The number of rotatable bonds is 7. The van der Waals surface area contributed by atoms with Crippen LogP contribution in [0.25, 0.3) is 5.69 Å². The smallest absolute Gasteiger partial charge is 0.254 e. The molecule has 2 heterocycles. The third-order valence-electron chi connectivity index (χ3n) is 7.91. The molecule has 0 N–H and O–H groups in total. The number of methoxy groups -OCH3 is 2. The Kier molecular flexibility index (Phi) is 7.87. The van der Waals surface area contributed by atoms with Gasteiger partial charge in [0.1, 0.15) is 24.1 Å². The van der Waals surface area contributed by atoms with Crippen molar-refractivity contribution in [2.24, 2.45) is 0 Å². The van der Waals surface area contributed by atoms with Gasteiger partial charge >= 0.3 is 0 Å². The van der Waals surface area contributed by atoms with Crippen LogP contribution >= 0.6 is 0 Å². The fourth-order valence-corrected chi connectivity index (χ4v) is 5.60. The molecule has 42 heavy (non-hydrogen) atoms. The third kappa shape index (κ3) is 5.27.